The van der Waals surface area contributed by atoms with Crippen LogP contribution in [0, 0.1) is 5.82 Å². The minimum atomic E-state index is -0.448. The molecule has 0 aliphatic heterocycles. The fourth-order valence-electron chi connectivity index (χ4n) is 1.13. The highest BCUT2D eigenvalue weighted by Gasteiger charge is 2.17. The summed E-state index contributed by atoms with van der Waals surface area (Å²) >= 11 is 3.23. The normalized spacial score (nSPS) is 11.2. The average Bonchev–Trinajstić information content (AvgIpc) is 2.31. The summed E-state index contributed by atoms with van der Waals surface area (Å²) in [5.74, 6) is -0.411. The highest BCUT2D eigenvalue weighted by atomic mass is 79.9. The van der Waals surface area contributed by atoms with Crippen molar-refractivity contribution >= 4 is 27.6 Å². The maximum Gasteiger partial charge on any atom is 0.319 e. The number of methoxy groups -OCH3 is 1. The molecule has 18 heavy (non-hydrogen) atoms. The summed E-state index contributed by atoms with van der Waals surface area (Å²) in [6, 6.07) is 3.67. The summed E-state index contributed by atoms with van der Waals surface area (Å²) in [4.78, 5) is 11.6. The number of urea groups is 1. The molecule has 2 amide bonds. The van der Waals surface area contributed by atoms with Crippen LogP contribution in [0.3, 0.4) is 0 Å². The van der Waals surface area contributed by atoms with Crippen molar-refractivity contribution in [3.8, 4) is 0 Å². The summed E-state index contributed by atoms with van der Waals surface area (Å²) in [5.41, 5.74) is -0.0704. The number of benzene rings is 1. The van der Waals surface area contributed by atoms with Gasteiger partial charge in [0.1, 0.15) is 5.82 Å². The van der Waals surface area contributed by atoms with Gasteiger partial charge in [-0.3, -0.25) is 0 Å². The van der Waals surface area contributed by atoms with Crippen LogP contribution in [0.15, 0.2) is 22.7 Å². The molecule has 6 heteroatoms. The lowest BCUT2D eigenvalue weighted by molar-refractivity contribution is 0.0257. The molecule has 0 aromatic heterocycles. The standard InChI is InChI=1S/C12H16BrFN2O2/c1-12(2,18-3)7-15-11(17)16-10-6-8(14)4-5-9(10)13/h4-6H,7H2,1-3H3,(H2,15,16,17). The van der Waals surface area contributed by atoms with Gasteiger partial charge in [-0.25, -0.2) is 9.18 Å². The molecule has 0 saturated carbocycles. The molecule has 0 aliphatic carbocycles. The first-order valence-corrected chi connectivity index (χ1v) is 6.18. The predicted molar refractivity (Wildman–Crippen MR) is 72.2 cm³/mol. The maximum absolute atomic E-state index is 13.0. The van der Waals surface area contributed by atoms with E-state index >= 15 is 0 Å². The average molecular weight is 319 g/mol. The summed E-state index contributed by atoms with van der Waals surface area (Å²) in [6.45, 7) is 4.05. The van der Waals surface area contributed by atoms with Gasteiger partial charge >= 0.3 is 6.03 Å². The quantitative estimate of drug-likeness (QED) is 0.896. The Hall–Kier alpha value is -1.14. The van der Waals surface area contributed by atoms with Crippen LogP contribution < -0.4 is 10.6 Å². The molecule has 2 N–H and O–H groups in total. The third kappa shape index (κ3) is 4.62. The van der Waals surface area contributed by atoms with Crippen LogP contribution in [-0.2, 0) is 4.74 Å². The Bertz CT molecular complexity index is 438. The van der Waals surface area contributed by atoms with E-state index in [1.807, 2.05) is 13.8 Å². The van der Waals surface area contributed by atoms with Crippen LogP contribution in [0.5, 0.6) is 0 Å². The van der Waals surface area contributed by atoms with Crippen LogP contribution in [0.25, 0.3) is 0 Å². The van der Waals surface area contributed by atoms with Crippen LogP contribution in [0.1, 0.15) is 13.8 Å². The minimum absolute atomic E-state index is 0.349. The molecule has 100 valence electrons. The summed E-state index contributed by atoms with van der Waals surface area (Å²) in [5, 5.41) is 5.21. The number of nitrogens with one attached hydrogen (secondary N) is 2. The van der Waals surface area contributed by atoms with Crippen molar-refractivity contribution < 1.29 is 13.9 Å². The first-order chi connectivity index (χ1) is 8.34. The Morgan fingerprint density at radius 1 is 1.50 bits per heavy atom. The zero-order chi connectivity index (χ0) is 13.8. The molecule has 0 aliphatic rings. The largest absolute Gasteiger partial charge is 0.377 e. The van der Waals surface area contributed by atoms with Crippen molar-refractivity contribution in [2.24, 2.45) is 0 Å². The lowest BCUT2D eigenvalue weighted by Gasteiger charge is -2.23. The van der Waals surface area contributed by atoms with Gasteiger partial charge < -0.3 is 15.4 Å². The van der Waals surface area contributed by atoms with Gasteiger partial charge in [-0.05, 0) is 48.0 Å². The van der Waals surface area contributed by atoms with E-state index in [0.717, 1.165) is 0 Å². The van der Waals surface area contributed by atoms with Crippen molar-refractivity contribution in [3.05, 3.63) is 28.5 Å². The smallest absolute Gasteiger partial charge is 0.319 e. The van der Waals surface area contributed by atoms with Crippen molar-refractivity contribution in [1.29, 1.82) is 0 Å². The molecule has 4 nitrogen and oxygen atoms in total. The molecule has 0 heterocycles. The van der Waals surface area contributed by atoms with Gasteiger partial charge in [0, 0.05) is 18.1 Å². The number of halogens is 2. The second kappa shape index (κ2) is 6.15. The van der Waals surface area contributed by atoms with Crippen molar-refractivity contribution in [2.75, 3.05) is 19.0 Å². The van der Waals surface area contributed by atoms with Gasteiger partial charge in [0.2, 0.25) is 0 Å². The van der Waals surface area contributed by atoms with Gasteiger partial charge in [0.15, 0.2) is 0 Å². The molecule has 1 aromatic carbocycles. The molecule has 0 atom stereocenters. The van der Waals surface area contributed by atoms with Gasteiger partial charge in [-0.2, -0.15) is 0 Å². The topological polar surface area (TPSA) is 50.4 Å². The Morgan fingerprint density at radius 3 is 2.78 bits per heavy atom. The molecule has 0 radical (unpaired) electrons. The lowest BCUT2D eigenvalue weighted by Crippen LogP contribution is -2.41. The van der Waals surface area contributed by atoms with Crippen LogP contribution in [0.2, 0.25) is 0 Å². The maximum atomic E-state index is 13.0. The Morgan fingerprint density at radius 2 is 2.17 bits per heavy atom. The molecule has 0 fully saturated rings. The van der Waals surface area contributed by atoms with E-state index in [1.54, 1.807) is 7.11 Å². The van der Waals surface area contributed by atoms with E-state index in [1.165, 1.54) is 18.2 Å². The minimum Gasteiger partial charge on any atom is -0.377 e. The number of hydrogen-bond acceptors (Lipinski definition) is 2. The molecule has 0 spiro atoms. The number of ether oxygens (including phenoxy) is 1. The fourth-order valence-corrected chi connectivity index (χ4v) is 1.47. The SMILES string of the molecule is COC(C)(C)CNC(=O)Nc1cc(F)ccc1Br. The number of carbonyl (C=O) groups is 1. The Kier molecular flexibility index (Phi) is 5.10. The molecule has 0 unspecified atom stereocenters. The zero-order valence-electron chi connectivity index (χ0n) is 10.5. The molecular formula is C12H16BrFN2O2. The fraction of sp³-hybridized carbons (Fsp3) is 0.417. The number of anilines is 1. The first kappa shape index (κ1) is 14.9. The zero-order valence-corrected chi connectivity index (χ0v) is 12.1. The van der Waals surface area contributed by atoms with Gasteiger partial charge in [0.05, 0.1) is 11.3 Å². The monoisotopic (exact) mass is 318 g/mol. The van der Waals surface area contributed by atoms with Gasteiger partial charge in [0.25, 0.3) is 0 Å². The molecule has 1 aromatic rings. The third-order valence-electron chi connectivity index (χ3n) is 2.40. The van der Waals surface area contributed by atoms with Crippen molar-refractivity contribution in [1.82, 2.24) is 5.32 Å². The van der Waals surface area contributed by atoms with E-state index in [4.69, 9.17) is 4.74 Å². The second-order valence-corrected chi connectivity index (χ2v) is 5.25. The third-order valence-corrected chi connectivity index (χ3v) is 3.10. The predicted octanol–water partition coefficient (Wildman–Crippen LogP) is 3.13. The highest BCUT2D eigenvalue weighted by molar-refractivity contribution is 9.10. The summed E-state index contributed by atoms with van der Waals surface area (Å²) in [7, 11) is 1.57. The highest BCUT2D eigenvalue weighted by Crippen LogP contribution is 2.22. The molecule has 0 saturated heterocycles. The van der Waals surface area contributed by atoms with Crippen molar-refractivity contribution in [3.63, 3.8) is 0 Å². The number of rotatable bonds is 4. The van der Waals surface area contributed by atoms with Crippen molar-refractivity contribution in [2.45, 2.75) is 19.4 Å². The summed E-state index contributed by atoms with van der Waals surface area (Å²) < 4.78 is 18.8. The first-order valence-electron chi connectivity index (χ1n) is 5.39. The second-order valence-electron chi connectivity index (χ2n) is 4.40. The van der Waals surface area contributed by atoms with E-state index in [2.05, 4.69) is 26.6 Å². The lowest BCUT2D eigenvalue weighted by atomic mass is 10.1. The van der Waals surface area contributed by atoms with Crippen LogP contribution >= 0.6 is 15.9 Å². The van der Waals surface area contributed by atoms with E-state index in [0.29, 0.717) is 16.7 Å². The Balaban J connectivity index is 2.57. The van der Waals surface area contributed by atoms with Gasteiger partial charge in [-0.1, -0.05) is 0 Å². The van der Waals surface area contributed by atoms with Crippen LogP contribution in [-0.4, -0.2) is 25.3 Å². The Labute approximate surface area is 114 Å². The number of amides is 2. The summed E-state index contributed by atoms with van der Waals surface area (Å²) in [6.07, 6.45) is 0. The molecular weight excluding hydrogens is 303 g/mol. The molecule has 1 rings (SSSR count). The van der Waals surface area contributed by atoms with E-state index in [-0.39, 0.29) is 0 Å². The van der Waals surface area contributed by atoms with E-state index < -0.39 is 17.4 Å². The number of hydrogen-bond donors (Lipinski definition) is 2. The number of carbonyl (C=O) groups excluding carboxylic acids is 1. The molecule has 0 bridgehead atoms. The van der Waals surface area contributed by atoms with E-state index in [9.17, 15) is 9.18 Å². The van der Waals surface area contributed by atoms with Crippen LogP contribution in [0.4, 0.5) is 14.9 Å². The van der Waals surface area contributed by atoms with Gasteiger partial charge in [-0.15, -0.1) is 0 Å².